The maximum Gasteiger partial charge on any atom is 0.420 e. The van der Waals surface area contributed by atoms with Gasteiger partial charge in [0.05, 0.1) is 24.2 Å². The predicted molar refractivity (Wildman–Crippen MR) is 128 cm³/mol. The summed E-state index contributed by atoms with van der Waals surface area (Å²) in [4.78, 5) is 50.0. The smallest absolute Gasteiger partial charge is 0.420 e. The highest BCUT2D eigenvalue weighted by Gasteiger charge is 2.43. The van der Waals surface area contributed by atoms with Crippen molar-refractivity contribution in [1.82, 2.24) is 4.90 Å². The van der Waals surface area contributed by atoms with Crippen LogP contribution < -0.4 is 4.74 Å². The van der Waals surface area contributed by atoms with Gasteiger partial charge >= 0.3 is 12.1 Å². The molecule has 0 fully saturated rings. The number of Topliss-reactive ketones (excluding diaryl/α,β-unsaturated/α-hetero) is 2. The Morgan fingerprint density at radius 2 is 1.78 bits per heavy atom. The number of methoxy groups -OCH3 is 1. The number of halogens is 3. The fraction of sp³-hybridized carbons (Fsp3) is 0.478. The zero-order valence-corrected chi connectivity index (χ0v) is 22.2. The molecule has 0 N–H and O–H groups in total. The lowest BCUT2D eigenvalue weighted by Crippen LogP contribution is -2.29. The molecule has 0 spiro atoms. The van der Waals surface area contributed by atoms with Crippen molar-refractivity contribution in [2.75, 3.05) is 39.3 Å². The number of likely N-dealkylation sites (N-methyl/N-ethyl adjacent to an activating group) is 1. The van der Waals surface area contributed by atoms with Crippen LogP contribution in [0.25, 0.3) is 0 Å². The Hall–Kier alpha value is -2.87. The first-order chi connectivity index (χ1) is 17.2. The number of thioether (sulfide) groups is 1. The number of allylic oxidation sites excluding steroid dienone is 2. The van der Waals surface area contributed by atoms with Gasteiger partial charge in [-0.1, -0.05) is 6.92 Å². The monoisotopic (exact) mass is 565 g/mol. The predicted octanol–water partition coefficient (Wildman–Crippen LogP) is 3.06. The summed E-state index contributed by atoms with van der Waals surface area (Å²) in [5, 5.41) is 0. The van der Waals surface area contributed by atoms with Gasteiger partial charge in [0.25, 0.3) is 5.91 Å². The van der Waals surface area contributed by atoms with Crippen LogP contribution in [-0.2, 0) is 35.1 Å². The molecular weight excluding hydrogens is 539 g/mol. The van der Waals surface area contributed by atoms with E-state index in [1.807, 2.05) is 0 Å². The van der Waals surface area contributed by atoms with Gasteiger partial charge in [-0.05, 0) is 25.0 Å². The van der Waals surface area contributed by atoms with E-state index < -0.39 is 79.2 Å². The van der Waals surface area contributed by atoms with Crippen LogP contribution in [0.15, 0.2) is 27.5 Å². The van der Waals surface area contributed by atoms with Crippen molar-refractivity contribution in [2.24, 2.45) is 0 Å². The number of hydrogen-bond donors (Lipinski definition) is 0. The summed E-state index contributed by atoms with van der Waals surface area (Å²) < 4.78 is 78.1. The Bertz CT molecular complexity index is 1240. The lowest BCUT2D eigenvalue weighted by atomic mass is 9.89. The minimum absolute atomic E-state index is 0.0896. The fourth-order valence-electron chi connectivity index (χ4n) is 3.39. The second kappa shape index (κ2) is 12.1. The zero-order chi connectivity index (χ0) is 28.1. The number of ether oxygens (including phenoxy) is 2. The third-order valence-corrected chi connectivity index (χ3v) is 8.28. The quantitative estimate of drug-likeness (QED) is 0.239. The van der Waals surface area contributed by atoms with E-state index in [9.17, 15) is 40.8 Å². The number of benzene rings is 1. The number of amides is 1. The van der Waals surface area contributed by atoms with E-state index in [2.05, 4.69) is 4.74 Å². The molecule has 9 nitrogen and oxygen atoms in total. The first-order valence-corrected chi connectivity index (χ1v) is 13.6. The molecule has 2 rings (SSSR count). The molecule has 14 heteroatoms. The lowest BCUT2D eigenvalue weighted by Gasteiger charge is -2.23. The molecule has 37 heavy (non-hydrogen) atoms. The van der Waals surface area contributed by atoms with Gasteiger partial charge < -0.3 is 14.4 Å². The highest BCUT2D eigenvalue weighted by Crippen LogP contribution is 2.44. The molecule has 1 aliphatic carbocycles. The maximum absolute atomic E-state index is 14.4. The molecule has 0 atom stereocenters. The van der Waals surface area contributed by atoms with Gasteiger partial charge in [0.1, 0.15) is 10.5 Å². The minimum Gasteiger partial charge on any atom is -0.482 e. The molecule has 0 aliphatic heterocycles. The number of carbonyl (C=O) groups excluding carboxylic acids is 4. The topological polar surface area (TPSA) is 124 Å². The first-order valence-electron chi connectivity index (χ1n) is 11.0. The number of carbonyl (C=O) groups is 4. The van der Waals surface area contributed by atoms with E-state index in [1.165, 1.54) is 21.0 Å². The van der Waals surface area contributed by atoms with Crippen LogP contribution in [0, 0.1) is 0 Å². The van der Waals surface area contributed by atoms with Gasteiger partial charge in [-0.15, -0.1) is 11.8 Å². The second-order valence-corrected chi connectivity index (χ2v) is 11.4. The van der Waals surface area contributed by atoms with Gasteiger partial charge in [0.15, 0.2) is 33.8 Å². The summed E-state index contributed by atoms with van der Waals surface area (Å²) in [5.74, 6) is -5.43. The van der Waals surface area contributed by atoms with Crippen LogP contribution in [0.1, 0.15) is 42.1 Å². The van der Waals surface area contributed by atoms with Crippen LogP contribution in [0.2, 0.25) is 0 Å². The van der Waals surface area contributed by atoms with Crippen molar-refractivity contribution in [2.45, 2.75) is 37.3 Å². The highest BCUT2D eigenvalue weighted by molar-refractivity contribution is 8.03. The van der Waals surface area contributed by atoms with Gasteiger partial charge in [0, 0.05) is 31.0 Å². The Balaban J connectivity index is 2.79. The molecule has 1 aliphatic rings. The van der Waals surface area contributed by atoms with Crippen LogP contribution >= 0.6 is 11.8 Å². The van der Waals surface area contributed by atoms with Gasteiger partial charge in [0.2, 0.25) is 0 Å². The van der Waals surface area contributed by atoms with Crippen LogP contribution in [0.4, 0.5) is 13.2 Å². The van der Waals surface area contributed by atoms with Crippen molar-refractivity contribution < 1.29 is 50.2 Å². The van der Waals surface area contributed by atoms with Crippen LogP contribution in [-0.4, -0.2) is 76.1 Å². The van der Waals surface area contributed by atoms with Crippen molar-refractivity contribution in [1.29, 1.82) is 0 Å². The van der Waals surface area contributed by atoms with Crippen molar-refractivity contribution >= 4 is 45.0 Å². The third-order valence-electron chi connectivity index (χ3n) is 5.39. The Morgan fingerprint density at radius 1 is 1.14 bits per heavy atom. The second-order valence-electron chi connectivity index (χ2n) is 8.06. The summed E-state index contributed by atoms with van der Waals surface area (Å²) in [6.07, 6.45) is -4.87. The first kappa shape index (κ1) is 30.4. The Labute approximate surface area is 216 Å². The van der Waals surface area contributed by atoms with E-state index in [-0.39, 0.29) is 23.5 Å². The average Bonchev–Trinajstić information content (AvgIpc) is 2.83. The molecule has 1 amide bonds. The summed E-state index contributed by atoms with van der Waals surface area (Å²) in [5.41, 5.74) is -3.22. The number of alkyl halides is 3. The number of sulfone groups is 1. The molecule has 1 aromatic rings. The summed E-state index contributed by atoms with van der Waals surface area (Å²) in [6, 6.07) is 1.48. The number of hydrogen-bond acceptors (Lipinski definition) is 9. The summed E-state index contributed by atoms with van der Waals surface area (Å²) in [7, 11) is -0.491. The molecule has 0 bridgehead atoms. The maximum atomic E-state index is 14.4. The third kappa shape index (κ3) is 7.12. The average molecular weight is 566 g/mol. The minimum atomic E-state index is -5.29. The molecule has 1 aromatic carbocycles. The fourth-order valence-corrected chi connectivity index (χ4v) is 5.47. The van der Waals surface area contributed by atoms with E-state index in [0.29, 0.717) is 12.5 Å². The van der Waals surface area contributed by atoms with Gasteiger partial charge in [-0.25, -0.2) is 8.42 Å². The molecule has 0 heterocycles. The summed E-state index contributed by atoms with van der Waals surface area (Å²) in [6.45, 7) is 0.286. The number of esters is 1. The highest BCUT2D eigenvalue weighted by atomic mass is 32.2. The molecule has 0 radical (unpaired) electrons. The van der Waals surface area contributed by atoms with E-state index in [4.69, 9.17) is 4.74 Å². The standard InChI is InChI=1S/C23H26F3NO8S2/c1-5-37(32,33)16-10-9-13(20(23(24,25)26)22(16)35-11-17(29)27(2)3)21(31)19-14(28)7-6-8-15(19)36-12-18(30)34-4/h9-10H,5-8,11-12H2,1-4H3. The van der Waals surface area contributed by atoms with Gasteiger partial charge in [-0.3, -0.25) is 19.2 Å². The SMILES string of the molecule is CCS(=O)(=O)c1ccc(C(=O)C2=C(SCC(=O)OC)CCCC2=O)c(C(F)(F)F)c1OCC(=O)N(C)C. The Kier molecular flexibility index (Phi) is 9.94. The Morgan fingerprint density at radius 3 is 2.32 bits per heavy atom. The number of rotatable bonds is 10. The molecule has 0 aromatic heterocycles. The molecule has 204 valence electrons. The van der Waals surface area contributed by atoms with Crippen molar-refractivity contribution in [3.63, 3.8) is 0 Å². The van der Waals surface area contributed by atoms with Crippen molar-refractivity contribution in [3.8, 4) is 5.75 Å². The number of ketones is 2. The van der Waals surface area contributed by atoms with E-state index in [0.717, 1.165) is 29.8 Å². The van der Waals surface area contributed by atoms with Gasteiger partial charge in [-0.2, -0.15) is 13.2 Å². The van der Waals surface area contributed by atoms with E-state index >= 15 is 0 Å². The van der Waals surface area contributed by atoms with Crippen LogP contribution in [0.5, 0.6) is 5.75 Å². The molecule has 0 unspecified atom stereocenters. The van der Waals surface area contributed by atoms with Crippen molar-refractivity contribution in [3.05, 3.63) is 33.7 Å². The molecular formula is C23H26F3NO8S2. The summed E-state index contributed by atoms with van der Waals surface area (Å²) >= 11 is 0.816. The molecule has 0 saturated heterocycles. The molecule has 0 saturated carbocycles. The zero-order valence-electron chi connectivity index (χ0n) is 20.6. The lowest BCUT2D eigenvalue weighted by molar-refractivity contribution is -0.141. The number of nitrogens with zero attached hydrogens (tertiary/aromatic N) is 1. The normalized spacial score (nSPS) is 14.4. The largest absolute Gasteiger partial charge is 0.482 e. The van der Waals surface area contributed by atoms with E-state index in [1.54, 1.807) is 0 Å². The van der Waals surface area contributed by atoms with Crippen LogP contribution in [0.3, 0.4) is 0 Å².